The van der Waals surface area contributed by atoms with E-state index in [0.29, 0.717) is 28.1 Å². The van der Waals surface area contributed by atoms with Gasteiger partial charge in [0.05, 0.1) is 11.6 Å². The summed E-state index contributed by atoms with van der Waals surface area (Å²) in [5.41, 5.74) is 2.98. The number of hydrogen-bond acceptors (Lipinski definition) is 6. The lowest BCUT2D eigenvalue weighted by atomic mass is 9.70. The topological polar surface area (TPSA) is 70.1 Å². The molecule has 3 aromatic carbocycles. The number of phenols is 1. The molecule has 6 nitrogen and oxygen atoms in total. The van der Waals surface area contributed by atoms with Crippen LogP contribution in [0.5, 0.6) is 11.5 Å². The van der Waals surface area contributed by atoms with Crippen LogP contribution in [0, 0.1) is 12.8 Å². The third kappa shape index (κ3) is 3.32. The van der Waals surface area contributed by atoms with E-state index in [1.165, 1.54) is 0 Å². The van der Waals surface area contributed by atoms with Crippen molar-refractivity contribution >= 4 is 28.6 Å². The van der Waals surface area contributed by atoms with Crippen LogP contribution in [-0.4, -0.2) is 36.5 Å². The molecular weight excluding hydrogens is 452 g/mol. The highest BCUT2D eigenvalue weighted by molar-refractivity contribution is 6.18. The first-order chi connectivity index (χ1) is 17.2. The van der Waals surface area contributed by atoms with Crippen LogP contribution < -0.4 is 14.5 Å². The van der Waals surface area contributed by atoms with Crippen molar-refractivity contribution in [1.29, 1.82) is 0 Å². The zero-order valence-electron chi connectivity index (χ0n) is 21.2. The summed E-state index contributed by atoms with van der Waals surface area (Å²) in [4.78, 5) is 31.3. The molecule has 2 unspecified atom stereocenters. The third-order valence-electron chi connectivity index (χ3n) is 7.82. The van der Waals surface area contributed by atoms with Gasteiger partial charge >= 0.3 is 0 Å². The third-order valence-corrected chi connectivity index (χ3v) is 7.82. The average Bonchev–Trinajstić information content (AvgIpc) is 2.92. The molecule has 1 N–H and O–H groups in total. The smallest absolute Gasteiger partial charge is 0.256 e. The number of hydrogen-bond donors (Lipinski definition) is 1. The number of rotatable bonds is 4. The Balaban J connectivity index is 1.71. The number of phenolic OH excluding ortho intramolecular Hbond substituents is 1. The summed E-state index contributed by atoms with van der Waals surface area (Å²) in [5.74, 6) is -0.446. The molecule has 1 aliphatic carbocycles. The Kier molecular flexibility index (Phi) is 5.62. The second-order valence-corrected chi connectivity index (χ2v) is 9.63. The van der Waals surface area contributed by atoms with Gasteiger partial charge in [0, 0.05) is 42.7 Å². The number of carbonyl (C=O) groups is 2. The molecule has 3 aromatic rings. The number of para-hydroxylation sites is 2. The van der Waals surface area contributed by atoms with E-state index in [1.54, 1.807) is 31.9 Å². The van der Waals surface area contributed by atoms with Gasteiger partial charge < -0.3 is 19.6 Å². The van der Waals surface area contributed by atoms with Crippen LogP contribution in [0.15, 0.2) is 77.9 Å². The van der Waals surface area contributed by atoms with Gasteiger partial charge in [0.2, 0.25) is 5.78 Å². The highest BCUT2D eigenvalue weighted by Gasteiger charge is 2.60. The lowest BCUT2D eigenvalue weighted by molar-refractivity contribution is -0.146. The molecule has 0 amide bonds. The van der Waals surface area contributed by atoms with E-state index in [9.17, 15) is 14.7 Å². The van der Waals surface area contributed by atoms with Gasteiger partial charge in [0.15, 0.2) is 5.78 Å². The number of benzene rings is 3. The maximum atomic E-state index is 14.0. The van der Waals surface area contributed by atoms with Gasteiger partial charge in [-0.3, -0.25) is 9.59 Å². The normalized spacial score (nSPS) is 21.0. The molecule has 0 bridgehead atoms. The Hall–Kier alpha value is -4.06. The van der Waals surface area contributed by atoms with E-state index in [-0.39, 0.29) is 23.7 Å². The van der Waals surface area contributed by atoms with Crippen LogP contribution in [0.3, 0.4) is 0 Å². The van der Waals surface area contributed by atoms with Gasteiger partial charge in [-0.2, -0.15) is 0 Å². The number of anilines is 3. The number of fused-ring (bicyclic) bond motifs is 2. The van der Waals surface area contributed by atoms with E-state index in [0.717, 1.165) is 16.9 Å². The number of allylic oxidation sites excluding steroid dienone is 1. The first kappa shape index (κ1) is 23.7. The molecule has 1 aliphatic heterocycles. The standard InChI is InChI=1S/C30H30N2O4/c1-18-19(2)29(35)30(32(5)22-14-10-7-11-15-22)24(27(18)33)16-23-20(3)28(34)25(17-26(23)36-30)31(4)21-12-8-6-9-13-21/h6-15,17,24,34H,16H2,1-5H3. The van der Waals surface area contributed by atoms with Gasteiger partial charge in [-0.15, -0.1) is 0 Å². The van der Waals surface area contributed by atoms with Crippen molar-refractivity contribution < 1.29 is 19.4 Å². The predicted molar refractivity (Wildman–Crippen MR) is 141 cm³/mol. The summed E-state index contributed by atoms with van der Waals surface area (Å²) >= 11 is 0. The molecule has 2 atom stereocenters. The van der Waals surface area contributed by atoms with Crippen molar-refractivity contribution in [3.63, 3.8) is 0 Å². The van der Waals surface area contributed by atoms with Gasteiger partial charge in [0.25, 0.3) is 5.72 Å². The largest absolute Gasteiger partial charge is 0.505 e. The SMILES string of the molecule is CC1=C(C)C(=O)C2(N(C)c3ccccc3)Oc3cc(N(C)c4ccccc4)c(O)c(C)c3CC2C1=O. The van der Waals surface area contributed by atoms with Crippen LogP contribution in [0.4, 0.5) is 17.1 Å². The second kappa shape index (κ2) is 8.55. The number of likely N-dealkylation sites (N-methyl/N-ethyl adjacent to an activating group) is 1. The minimum atomic E-state index is -1.53. The molecule has 0 saturated carbocycles. The second-order valence-electron chi connectivity index (χ2n) is 9.63. The first-order valence-electron chi connectivity index (χ1n) is 12.1. The minimum absolute atomic E-state index is 0.107. The fourth-order valence-corrected chi connectivity index (χ4v) is 5.43. The van der Waals surface area contributed by atoms with Gasteiger partial charge in [-0.05, 0) is 62.6 Å². The van der Waals surface area contributed by atoms with Crippen molar-refractivity contribution in [1.82, 2.24) is 0 Å². The van der Waals surface area contributed by atoms with Crippen LogP contribution >= 0.6 is 0 Å². The maximum Gasteiger partial charge on any atom is 0.256 e. The molecule has 6 heteroatoms. The van der Waals surface area contributed by atoms with Crippen LogP contribution in [0.25, 0.3) is 0 Å². The molecule has 0 aromatic heterocycles. The number of nitrogens with zero attached hydrogens (tertiary/aromatic N) is 2. The molecular formula is C30H30N2O4. The van der Waals surface area contributed by atoms with E-state index in [4.69, 9.17) is 4.74 Å². The molecule has 0 fully saturated rings. The maximum absolute atomic E-state index is 14.0. The Labute approximate surface area is 211 Å². The van der Waals surface area contributed by atoms with E-state index >= 15 is 0 Å². The van der Waals surface area contributed by atoms with E-state index < -0.39 is 11.6 Å². The minimum Gasteiger partial charge on any atom is -0.505 e. The Morgan fingerprint density at radius 1 is 0.889 bits per heavy atom. The summed E-state index contributed by atoms with van der Waals surface area (Å²) in [5, 5.41) is 11.2. The Morgan fingerprint density at radius 2 is 1.47 bits per heavy atom. The number of aromatic hydroxyl groups is 1. The number of Topliss-reactive ketones (excluding diaryl/α,β-unsaturated/α-hetero) is 2. The predicted octanol–water partition coefficient (Wildman–Crippen LogP) is 5.34. The number of ether oxygens (including phenoxy) is 1. The molecule has 36 heavy (non-hydrogen) atoms. The fourth-order valence-electron chi connectivity index (χ4n) is 5.43. The average molecular weight is 483 g/mol. The fraction of sp³-hybridized carbons (Fsp3) is 0.267. The molecule has 0 radical (unpaired) electrons. The highest BCUT2D eigenvalue weighted by atomic mass is 16.5. The monoisotopic (exact) mass is 482 g/mol. The summed E-state index contributed by atoms with van der Waals surface area (Å²) in [6, 6.07) is 21.0. The van der Waals surface area contributed by atoms with Gasteiger partial charge in [0.1, 0.15) is 11.5 Å². The Bertz CT molecular complexity index is 1400. The van der Waals surface area contributed by atoms with Gasteiger partial charge in [-0.25, -0.2) is 0 Å². The van der Waals surface area contributed by atoms with Gasteiger partial charge in [-0.1, -0.05) is 36.4 Å². The number of carbonyl (C=O) groups excluding carboxylic acids is 2. The van der Waals surface area contributed by atoms with Crippen molar-refractivity contribution in [3.8, 4) is 11.5 Å². The zero-order chi connectivity index (χ0) is 25.8. The summed E-state index contributed by atoms with van der Waals surface area (Å²) in [6.07, 6.45) is 0.288. The van der Waals surface area contributed by atoms with Crippen LogP contribution in [0.2, 0.25) is 0 Å². The first-order valence-corrected chi connectivity index (χ1v) is 12.1. The van der Waals surface area contributed by atoms with Crippen molar-refractivity contribution in [2.24, 2.45) is 5.92 Å². The molecule has 0 spiro atoms. The highest BCUT2D eigenvalue weighted by Crippen LogP contribution is 2.50. The zero-order valence-corrected chi connectivity index (χ0v) is 21.2. The number of ketones is 2. The van der Waals surface area contributed by atoms with Crippen LogP contribution in [0.1, 0.15) is 25.0 Å². The quantitative estimate of drug-likeness (QED) is 0.541. The lowest BCUT2D eigenvalue weighted by Crippen LogP contribution is -2.68. The summed E-state index contributed by atoms with van der Waals surface area (Å²) < 4.78 is 6.69. The molecule has 184 valence electrons. The molecule has 5 rings (SSSR count). The van der Waals surface area contributed by atoms with Crippen molar-refractivity contribution in [2.45, 2.75) is 32.9 Å². The van der Waals surface area contributed by atoms with Crippen LogP contribution in [-0.2, 0) is 16.0 Å². The van der Waals surface area contributed by atoms with Crippen molar-refractivity contribution in [2.75, 3.05) is 23.9 Å². The molecule has 0 saturated heterocycles. The summed E-state index contributed by atoms with van der Waals surface area (Å²) in [6.45, 7) is 5.23. The van der Waals surface area contributed by atoms with E-state index in [1.807, 2.05) is 79.5 Å². The molecule has 1 heterocycles. The van der Waals surface area contributed by atoms with E-state index in [2.05, 4.69) is 0 Å². The summed E-state index contributed by atoms with van der Waals surface area (Å²) in [7, 11) is 3.68. The lowest BCUT2D eigenvalue weighted by Gasteiger charge is -2.51. The molecule has 2 aliphatic rings. The van der Waals surface area contributed by atoms with Crippen molar-refractivity contribution in [3.05, 3.63) is 89.0 Å². The Morgan fingerprint density at radius 3 is 2.08 bits per heavy atom.